The lowest BCUT2D eigenvalue weighted by molar-refractivity contribution is 0.602. The van der Waals surface area contributed by atoms with Crippen LogP contribution in [0.1, 0.15) is 24.1 Å². The van der Waals surface area contributed by atoms with Crippen LogP contribution in [0.4, 0.5) is 5.69 Å². The summed E-state index contributed by atoms with van der Waals surface area (Å²) < 4.78 is 23.2. The van der Waals surface area contributed by atoms with E-state index in [-0.39, 0.29) is 6.04 Å². The van der Waals surface area contributed by atoms with Gasteiger partial charge in [-0.3, -0.25) is 0 Å². The maximum Gasteiger partial charge on any atom is 0.175 e. The van der Waals surface area contributed by atoms with Crippen molar-refractivity contribution in [2.24, 2.45) is 0 Å². The van der Waals surface area contributed by atoms with Crippen molar-refractivity contribution in [1.82, 2.24) is 0 Å². The van der Waals surface area contributed by atoms with E-state index in [1.165, 1.54) is 6.26 Å². The lowest BCUT2D eigenvalue weighted by Gasteiger charge is -2.18. The molecule has 0 bridgehead atoms. The topological polar surface area (TPSA) is 46.2 Å². The molecule has 2 rings (SSSR count). The molecule has 0 spiro atoms. The molecule has 0 aliphatic heterocycles. The van der Waals surface area contributed by atoms with Crippen LogP contribution in [0.2, 0.25) is 0 Å². The molecule has 0 fully saturated rings. The lowest BCUT2D eigenvalue weighted by atomic mass is 10.1. The summed E-state index contributed by atoms with van der Waals surface area (Å²) in [6, 6.07) is 15.3. The summed E-state index contributed by atoms with van der Waals surface area (Å²) in [5.74, 6) is 0. The smallest absolute Gasteiger partial charge is 0.175 e. The van der Waals surface area contributed by atoms with Crippen molar-refractivity contribution in [2.75, 3.05) is 11.6 Å². The molecular weight excluding hydrogens is 270 g/mol. The summed E-state index contributed by atoms with van der Waals surface area (Å²) >= 11 is 0. The van der Waals surface area contributed by atoms with E-state index >= 15 is 0 Å². The molecule has 0 heterocycles. The molecule has 106 valence electrons. The predicted octanol–water partition coefficient (Wildman–Crippen LogP) is 3.57. The van der Waals surface area contributed by atoms with Gasteiger partial charge in [-0.1, -0.05) is 36.4 Å². The Morgan fingerprint density at radius 2 is 1.70 bits per heavy atom. The van der Waals surface area contributed by atoms with Gasteiger partial charge in [-0.25, -0.2) is 8.42 Å². The van der Waals surface area contributed by atoms with Crippen molar-refractivity contribution in [2.45, 2.75) is 24.8 Å². The van der Waals surface area contributed by atoms with Crippen LogP contribution in [0.5, 0.6) is 0 Å². The summed E-state index contributed by atoms with van der Waals surface area (Å²) in [5.41, 5.74) is 3.04. The van der Waals surface area contributed by atoms with Crippen molar-refractivity contribution in [1.29, 1.82) is 0 Å². The zero-order valence-electron chi connectivity index (χ0n) is 11.9. The van der Waals surface area contributed by atoms with Crippen molar-refractivity contribution in [3.05, 3.63) is 59.7 Å². The first-order valence-electron chi connectivity index (χ1n) is 6.50. The van der Waals surface area contributed by atoms with E-state index in [0.717, 1.165) is 16.8 Å². The third-order valence-corrected chi connectivity index (χ3v) is 4.42. The van der Waals surface area contributed by atoms with Gasteiger partial charge in [0.2, 0.25) is 0 Å². The first kappa shape index (κ1) is 14.6. The van der Waals surface area contributed by atoms with Crippen LogP contribution >= 0.6 is 0 Å². The molecule has 0 saturated carbocycles. The van der Waals surface area contributed by atoms with E-state index in [1.54, 1.807) is 12.1 Å². The molecular formula is C16H19NO2S. The number of nitrogens with one attached hydrogen (secondary N) is 1. The van der Waals surface area contributed by atoms with Gasteiger partial charge in [0.05, 0.1) is 4.90 Å². The summed E-state index contributed by atoms with van der Waals surface area (Å²) in [6.45, 7) is 4.02. The average Bonchev–Trinajstić information content (AvgIpc) is 2.41. The van der Waals surface area contributed by atoms with Crippen LogP contribution in [0.25, 0.3) is 0 Å². The zero-order chi connectivity index (χ0) is 14.8. The summed E-state index contributed by atoms with van der Waals surface area (Å²) in [7, 11) is -3.18. The van der Waals surface area contributed by atoms with Gasteiger partial charge in [0.1, 0.15) is 0 Å². The largest absolute Gasteiger partial charge is 0.378 e. The van der Waals surface area contributed by atoms with Crippen molar-refractivity contribution in [3.8, 4) is 0 Å². The van der Waals surface area contributed by atoms with Gasteiger partial charge < -0.3 is 5.32 Å². The van der Waals surface area contributed by atoms with Crippen LogP contribution in [-0.4, -0.2) is 14.7 Å². The Morgan fingerprint density at radius 3 is 2.30 bits per heavy atom. The van der Waals surface area contributed by atoms with Crippen LogP contribution in [0.3, 0.4) is 0 Å². The van der Waals surface area contributed by atoms with E-state index in [4.69, 9.17) is 0 Å². The fourth-order valence-electron chi connectivity index (χ4n) is 2.05. The molecule has 20 heavy (non-hydrogen) atoms. The number of anilines is 1. The second-order valence-electron chi connectivity index (χ2n) is 5.03. The summed E-state index contributed by atoms with van der Waals surface area (Å²) in [4.78, 5) is 0.339. The number of benzene rings is 2. The first-order chi connectivity index (χ1) is 9.38. The Bertz CT molecular complexity index is 694. The Morgan fingerprint density at radius 1 is 1.05 bits per heavy atom. The molecule has 0 aliphatic rings. The predicted molar refractivity (Wildman–Crippen MR) is 82.8 cm³/mol. The Balaban J connectivity index is 2.30. The quantitative estimate of drug-likeness (QED) is 0.936. The minimum Gasteiger partial charge on any atom is -0.378 e. The Kier molecular flexibility index (Phi) is 4.14. The van der Waals surface area contributed by atoms with E-state index < -0.39 is 9.84 Å². The molecule has 2 aromatic rings. The van der Waals surface area contributed by atoms with Gasteiger partial charge in [-0.05, 0) is 37.1 Å². The van der Waals surface area contributed by atoms with Crippen LogP contribution in [0.15, 0.2) is 53.4 Å². The molecule has 1 N–H and O–H groups in total. The van der Waals surface area contributed by atoms with Crippen LogP contribution < -0.4 is 5.32 Å². The van der Waals surface area contributed by atoms with E-state index in [0.29, 0.717) is 4.90 Å². The molecule has 4 heteroatoms. The minimum absolute atomic E-state index is 0.115. The Labute approximate surface area is 120 Å². The molecule has 0 saturated heterocycles. The van der Waals surface area contributed by atoms with Crippen LogP contribution in [-0.2, 0) is 9.84 Å². The Hall–Kier alpha value is -1.81. The molecule has 0 aliphatic carbocycles. The zero-order valence-corrected chi connectivity index (χ0v) is 12.7. The third kappa shape index (κ3) is 3.39. The highest BCUT2D eigenvalue weighted by molar-refractivity contribution is 7.90. The SMILES string of the molecule is Cc1ccc(S(C)(=O)=O)cc1NC(C)c1ccccc1. The second kappa shape index (κ2) is 5.67. The highest BCUT2D eigenvalue weighted by atomic mass is 32.2. The monoisotopic (exact) mass is 289 g/mol. The number of sulfone groups is 1. The lowest BCUT2D eigenvalue weighted by Crippen LogP contribution is -2.08. The fourth-order valence-corrected chi connectivity index (χ4v) is 2.69. The normalized spacial score (nSPS) is 12.9. The van der Waals surface area contributed by atoms with E-state index in [1.807, 2.05) is 43.3 Å². The van der Waals surface area contributed by atoms with Crippen molar-refractivity contribution >= 4 is 15.5 Å². The van der Waals surface area contributed by atoms with Crippen molar-refractivity contribution in [3.63, 3.8) is 0 Å². The molecule has 2 aromatic carbocycles. The standard InChI is InChI=1S/C16H19NO2S/c1-12-9-10-15(20(3,18)19)11-16(12)17-13(2)14-7-5-4-6-8-14/h4-11,13,17H,1-3H3. The maximum atomic E-state index is 11.6. The second-order valence-corrected chi connectivity index (χ2v) is 7.04. The molecule has 1 unspecified atom stereocenters. The highest BCUT2D eigenvalue weighted by Crippen LogP contribution is 2.24. The van der Waals surface area contributed by atoms with Crippen molar-refractivity contribution < 1.29 is 8.42 Å². The number of hydrogen-bond acceptors (Lipinski definition) is 3. The third-order valence-electron chi connectivity index (χ3n) is 3.31. The minimum atomic E-state index is -3.18. The summed E-state index contributed by atoms with van der Waals surface area (Å²) in [5, 5.41) is 3.37. The molecule has 1 atom stereocenters. The first-order valence-corrected chi connectivity index (χ1v) is 8.39. The van der Waals surface area contributed by atoms with Gasteiger partial charge in [0.25, 0.3) is 0 Å². The number of aryl methyl sites for hydroxylation is 1. The van der Waals surface area contributed by atoms with Gasteiger partial charge >= 0.3 is 0 Å². The summed E-state index contributed by atoms with van der Waals surface area (Å²) in [6.07, 6.45) is 1.22. The van der Waals surface area contributed by atoms with Gasteiger partial charge in [-0.2, -0.15) is 0 Å². The maximum absolute atomic E-state index is 11.6. The molecule has 0 aromatic heterocycles. The van der Waals surface area contributed by atoms with Gasteiger partial charge in [0.15, 0.2) is 9.84 Å². The van der Waals surface area contributed by atoms with Crippen LogP contribution in [0, 0.1) is 6.92 Å². The van der Waals surface area contributed by atoms with E-state index in [9.17, 15) is 8.42 Å². The number of hydrogen-bond donors (Lipinski definition) is 1. The molecule has 0 amide bonds. The highest BCUT2D eigenvalue weighted by Gasteiger charge is 2.11. The fraction of sp³-hybridized carbons (Fsp3) is 0.250. The van der Waals surface area contributed by atoms with Gasteiger partial charge in [0, 0.05) is 18.0 Å². The van der Waals surface area contributed by atoms with Gasteiger partial charge in [-0.15, -0.1) is 0 Å². The average molecular weight is 289 g/mol. The number of rotatable bonds is 4. The molecule has 3 nitrogen and oxygen atoms in total. The molecule has 0 radical (unpaired) electrons. The van der Waals surface area contributed by atoms with E-state index in [2.05, 4.69) is 12.2 Å².